The number of carbonyl (C=O) groups is 1. The molecule has 0 amide bonds. The van der Waals surface area contributed by atoms with E-state index in [2.05, 4.69) is 0 Å². The molecular weight excluding hydrogens is 392 g/mol. The van der Waals surface area contributed by atoms with Crippen molar-refractivity contribution in [3.05, 3.63) is 82.0 Å². The van der Waals surface area contributed by atoms with Crippen LogP contribution in [0.2, 0.25) is 0 Å². The molecule has 152 valence electrons. The lowest BCUT2D eigenvalue weighted by Gasteiger charge is -2.07. The second-order valence-corrected chi connectivity index (χ2v) is 8.55. The van der Waals surface area contributed by atoms with E-state index in [4.69, 9.17) is 4.74 Å². The molecule has 1 heterocycles. The standard InChI is InChI=1S/C21H22N2O5S/c1-15-4-10-19(14-16(15)2)29(26,27)23-13-12-22(21(23)25)20(24)11-7-17-5-8-18(28-3)9-6-17/h4-6,8-10,12-14H,7,11H2,1-3H3. The number of rotatable bonds is 6. The number of aromatic nitrogens is 2. The van der Waals surface area contributed by atoms with E-state index >= 15 is 0 Å². The summed E-state index contributed by atoms with van der Waals surface area (Å²) in [6.07, 6.45) is 2.79. The third-order valence-electron chi connectivity index (χ3n) is 4.84. The lowest BCUT2D eigenvalue weighted by atomic mass is 10.1. The summed E-state index contributed by atoms with van der Waals surface area (Å²) in [6, 6.07) is 11.9. The number of hydrogen-bond donors (Lipinski definition) is 0. The highest BCUT2D eigenvalue weighted by Crippen LogP contribution is 2.17. The van der Waals surface area contributed by atoms with Gasteiger partial charge >= 0.3 is 5.69 Å². The van der Waals surface area contributed by atoms with Crippen LogP contribution in [0.1, 0.15) is 27.9 Å². The molecule has 0 N–H and O–H groups in total. The highest BCUT2D eigenvalue weighted by molar-refractivity contribution is 7.90. The van der Waals surface area contributed by atoms with E-state index in [0.717, 1.165) is 27.5 Å². The largest absolute Gasteiger partial charge is 0.497 e. The van der Waals surface area contributed by atoms with E-state index in [1.165, 1.54) is 18.3 Å². The Morgan fingerprint density at radius 3 is 2.31 bits per heavy atom. The minimum Gasteiger partial charge on any atom is -0.497 e. The van der Waals surface area contributed by atoms with Gasteiger partial charge in [-0.3, -0.25) is 4.79 Å². The van der Waals surface area contributed by atoms with Crippen molar-refractivity contribution in [2.45, 2.75) is 31.6 Å². The Hall–Kier alpha value is -3.13. The van der Waals surface area contributed by atoms with Gasteiger partial charge in [-0.2, -0.15) is 3.97 Å². The fourth-order valence-corrected chi connectivity index (χ4v) is 4.19. The predicted octanol–water partition coefficient (Wildman–Crippen LogP) is 2.79. The van der Waals surface area contributed by atoms with Crippen molar-refractivity contribution in [3.8, 4) is 5.75 Å². The van der Waals surface area contributed by atoms with E-state index < -0.39 is 21.6 Å². The number of nitrogens with zero attached hydrogens (tertiary/aromatic N) is 2. The molecule has 2 aromatic carbocycles. The highest BCUT2D eigenvalue weighted by atomic mass is 32.2. The summed E-state index contributed by atoms with van der Waals surface area (Å²) in [7, 11) is -2.51. The van der Waals surface area contributed by atoms with Gasteiger partial charge in [-0.05, 0) is 61.2 Å². The van der Waals surface area contributed by atoms with Gasteiger partial charge in [0.05, 0.1) is 12.0 Å². The average molecular weight is 414 g/mol. The maximum atomic E-state index is 12.8. The summed E-state index contributed by atoms with van der Waals surface area (Å²) in [5.74, 6) is 0.241. The van der Waals surface area contributed by atoms with Gasteiger partial charge in [-0.25, -0.2) is 17.8 Å². The van der Waals surface area contributed by atoms with E-state index in [-0.39, 0.29) is 11.3 Å². The van der Waals surface area contributed by atoms with Gasteiger partial charge in [-0.15, -0.1) is 0 Å². The second kappa shape index (κ2) is 8.08. The van der Waals surface area contributed by atoms with E-state index in [1.54, 1.807) is 32.2 Å². The number of ether oxygens (including phenoxy) is 1. The quantitative estimate of drug-likeness (QED) is 0.619. The third kappa shape index (κ3) is 4.17. The van der Waals surface area contributed by atoms with Crippen molar-refractivity contribution in [2.24, 2.45) is 0 Å². The molecule has 0 aliphatic heterocycles. The van der Waals surface area contributed by atoms with Crippen LogP contribution in [0.4, 0.5) is 0 Å². The number of benzene rings is 2. The number of imidazole rings is 1. The highest BCUT2D eigenvalue weighted by Gasteiger charge is 2.22. The van der Waals surface area contributed by atoms with Crippen molar-refractivity contribution in [1.29, 1.82) is 0 Å². The minimum absolute atomic E-state index is 0.00568. The van der Waals surface area contributed by atoms with Crippen molar-refractivity contribution >= 4 is 15.9 Å². The molecule has 3 aromatic rings. The van der Waals surface area contributed by atoms with Crippen LogP contribution in [0, 0.1) is 13.8 Å². The maximum absolute atomic E-state index is 12.8. The third-order valence-corrected chi connectivity index (χ3v) is 6.48. The monoisotopic (exact) mass is 414 g/mol. The molecular formula is C21H22N2O5S. The molecule has 1 aromatic heterocycles. The normalized spacial score (nSPS) is 11.4. The lowest BCUT2D eigenvalue weighted by Crippen LogP contribution is -2.32. The SMILES string of the molecule is COc1ccc(CCC(=O)n2ccn(S(=O)(=O)c3ccc(C)c(C)c3)c2=O)cc1. The van der Waals surface area contributed by atoms with Crippen molar-refractivity contribution in [2.75, 3.05) is 7.11 Å². The summed E-state index contributed by atoms with van der Waals surface area (Å²) in [5.41, 5.74) is 1.76. The first-order valence-electron chi connectivity index (χ1n) is 9.03. The van der Waals surface area contributed by atoms with E-state index in [0.29, 0.717) is 16.1 Å². The van der Waals surface area contributed by atoms with Crippen molar-refractivity contribution in [1.82, 2.24) is 8.54 Å². The van der Waals surface area contributed by atoms with Gasteiger partial charge in [0.2, 0.25) is 5.91 Å². The fraction of sp³-hybridized carbons (Fsp3) is 0.238. The molecule has 0 fully saturated rings. The van der Waals surface area contributed by atoms with E-state index in [9.17, 15) is 18.0 Å². The van der Waals surface area contributed by atoms with Crippen LogP contribution in [0.25, 0.3) is 0 Å². The summed E-state index contributed by atoms with van der Waals surface area (Å²) >= 11 is 0. The summed E-state index contributed by atoms with van der Waals surface area (Å²) < 4.78 is 32.2. The number of methoxy groups -OCH3 is 1. The van der Waals surface area contributed by atoms with Crippen LogP contribution >= 0.6 is 0 Å². The summed E-state index contributed by atoms with van der Waals surface area (Å²) in [5, 5.41) is 0. The van der Waals surface area contributed by atoms with Gasteiger partial charge in [0.15, 0.2) is 0 Å². The molecule has 0 radical (unpaired) electrons. The number of carbonyl (C=O) groups excluding carboxylic acids is 1. The van der Waals surface area contributed by atoms with Crippen LogP contribution < -0.4 is 10.4 Å². The van der Waals surface area contributed by atoms with Crippen LogP contribution in [0.5, 0.6) is 5.75 Å². The Labute approximate surface area is 169 Å². The molecule has 0 spiro atoms. The Kier molecular flexibility index (Phi) is 5.74. The Bertz CT molecular complexity index is 1200. The van der Waals surface area contributed by atoms with Gasteiger partial charge in [0, 0.05) is 18.8 Å². The van der Waals surface area contributed by atoms with Gasteiger partial charge in [0.1, 0.15) is 5.75 Å². The zero-order chi connectivity index (χ0) is 21.2. The number of aryl methyl sites for hydroxylation is 3. The van der Waals surface area contributed by atoms with Crippen molar-refractivity contribution in [3.63, 3.8) is 0 Å². The first kappa shape index (κ1) is 20.6. The van der Waals surface area contributed by atoms with Crippen LogP contribution in [-0.4, -0.2) is 30.0 Å². The van der Waals surface area contributed by atoms with Gasteiger partial charge in [0.25, 0.3) is 10.0 Å². The average Bonchev–Trinajstić information content (AvgIpc) is 3.10. The second-order valence-electron chi connectivity index (χ2n) is 6.74. The molecule has 0 saturated carbocycles. The first-order valence-corrected chi connectivity index (χ1v) is 10.5. The molecule has 0 aliphatic rings. The van der Waals surface area contributed by atoms with Crippen LogP contribution in [0.3, 0.4) is 0 Å². The van der Waals surface area contributed by atoms with Gasteiger partial charge < -0.3 is 4.74 Å². The first-order chi connectivity index (χ1) is 13.7. The maximum Gasteiger partial charge on any atom is 0.349 e. The Morgan fingerprint density at radius 1 is 1.00 bits per heavy atom. The molecule has 8 heteroatoms. The predicted molar refractivity (Wildman–Crippen MR) is 109 cm³/mol. The topological polar surface area (TPSA) is 87.4 Å². The number of hydrogen-bond acceptors (Lipinski definition) is 5. The molecule has 7 nitrogen and oxygen atoms in total. The zero-order valence-electron chi connectivity index (χ0n) is 16.5. The van der Waals surface area contributed by atoms with Gasteiger partial charge in [-0.1, -0.05) is 18.2 Å². The fourth-order valence-electron chi connectivity index (χ4n) is 2.89. The van der Waals surface area contributed by atoms with Crippen molar-refractivity contribution < 1.29 is 17.9 Å². The molecule has 0 bridgehead atoms. The van der Waals surface area contributed by atoms with Crippen LogP contribution in [-0.2, 0) is 16.4 Å². The van der Waals surface area contributed by atoms with E-state index in [1.807, 2.05) is 19.1 Å². The molecule has 0 atom stereocenters. The molecule has 3 rings (SSSR count). The lowest BCUT2D eigenvalue weighted by molar-refractivity contribution is 0.0899. The Morgan fingerprint density at radius 2 is 1.69 bits per heavy atom. The minimum atomic E-state index is -4.08. The molecule has 29 heavy (non-hydrogen) atoms. The smallest absolute Gasteiger partial charge is 0.349 e. The molecule has 0 saturated heterocycles. The van der Waals surface area contributed by atoms with Crippen LogP contribution in [0.15, 0.2) is 64.5 Å². The summed E-state index contributed by atoms with van der Waals surface area (Å²) in [6.45, 7) is 3.67. The molecule has 0 aliphatic carbocycles. The Balaban J connectivity index is 1.81. The zero-order valence-corrected chi connectivity index (χ0v) is 17.3. The summed E-state index contributed by atoms with van der Waals surface area (Å²) in [4.78, 5) is 25.1. The molecule has 0 unspecified atom stereocenters.